The number of hydrazone groups is 1. The van der Waals surface area contributed by atoms with Crippen LogP contribution in [0.1, 0.15) is 33.3 Å². The number of hydrogen-bond acceptors (Lipinski definition) is 8. The van der Waals surface area contributed by atoms with Crippen LogP contribution in [-0.4, -0.2) is 52.8 Å². The number of nitrogens with zero attached hydrogens (tertiary/aromatic N) is 4. The molecule has 0 saturated heterocycles. The number of aromatic nitrogens is 3. The molecule has 28 heavy (non-hydrogen) atoms. The minimum absolute atomic E-state index is 0.173. The maximum Gasteiger partial charge on any atom is 0.316 e. The van der Waals surface area contributed by atoms with Crippen molar-refractivity contribution in [3.05, 3.63) is 29.8 Å². The van der Waals surface area contributed by atoms with E-state index in [4.69, 9.17) is 4.74 Å². The van der Waals surface area contributed by atoms with Crippen molar-refractivity contribution in [2.75, 3.05) is 35.8 Å². The van der Waals surface area contributed by atoms with E-state index in [2.05, 4.69) is 56.6 Å². The van der Waals surface area contributed by atoms with Gasteiger partial charge in [-0.1, -0.05) is 37.7 Å². The summed E-state index contributed by atoms with van der Waals surface area (Å²) in [6.45, 7) is 10.6. The Morgan fingerprint density at radius 1 is 1.32 bits per heavy atom. The van der Waals surface area contributed by atoms with Gasteiger partial charge in [0, 0.05) is 18.8 Å². The topological polar surface area (TPSA) is 95.5 Å². The van der Waals surface area contributed by atoms with E-state index in [0.717, 1.165) is 18.7 Å². The first kappa shape index (κ1) is 21.7. The van der Waals surface area contributed by atoms with Crippen LogP contribution in [-0.2, 0) is 9.53 Å². The van der Waals surface area contributed by atoms with Crippen LogP contribution in [0.2, 0.25) is 0 Å². The van der Waals surface area contributed by atoms with E-state index in [1.54, 1.807) is 6.21 Å². The van der Waals surface area contributed by atoms with E-state index in [0.29, 0.717) is 23.6 Å². The lowest BCUT2D eigenvalue weighted by molar-refractivity contribution is -0.141. The Kier molecular flexibility index (Phi) is 8.80. The number of esters is 1. The highest BCUT2D eigenvalue weighted by atomic mass is 32.2. The lowest BCUT2D eigenvalue weighted by atomic mass is 10.2. The molecule has 2 rings (SSSR count). The molecule has 0 aliphatic carbocycles. The quantitative estimate of drug-likeness (QED) is 0.256. The lowest BCUT2D eigenvalue weighted by Gasteiger charge is -2.20. The van der Waals surface area contributed by atoms with Gasteiger partial charge in [0.15, 0.2) is 0 Å². The highest BCUT2D eigenvalue weighted by Gasteiger charge is 2.09. The van der Waals surface area contributed by atoms with Crippen molar-refractivity contribution < 1.29 is 9.53 Å². The number of benzene rings is 1. The number of hydrogen-bond donors (Lipinski definition) is 2. The molecule has 0 radical (unpaired) electrons. The maximum absolute atomic E-state index is 11.6. The number of carbonyl (C=O) groups is 1. The van der Waals surface area contributed by atoms with Gasteiger partial charge in [-0.15, -0.1) is 5.10 Å². The fraction of sp³-hybridized carbons (Fsp3) is 0.474. The molecule has 2 aromatic rings. The van der Waals surface area contributed by atoms with Gasteiger partial charge in [0.2, 0.25) is 11.1 Å². The van der Waals surface area contributed by atoms with Crippen LogP contribution in [0.15, 0.2) is 34.5 Å². The minimum atomic E-state index is -0.274. The van der Waals surface area contributed by atoms with Crippen molar-refractivity contribution in [1.29, 1.82) is 0 Å². The average Bonchev–Trinajstić information content (AvgIpc) is 3.14. The molecule has 0 bridgehead atoms. The predicted molar refractivity (Wildman–Crippen MR) is 114 cm³/mol. The van der Waals surface area contributed by atoms with E-state index >= 15 is 0 Å². The summed E-state index contributed by atoms with van der Waals surface area (Å²) in [5, 5.41) is 11.4. The summed E-state index contributed by atoms with van der Waals surface area (Å²) in [4.78, 5) is 18.1. The number of H-pyrrole nitrogens is 1. The zero-order valence-electron chi connectivity index (χ0n) is 16.8. The number of nitrogens with one attached hydrogen (secondary N) is 2. The summed E-state index contributed by atoms with van der Waals surface area (Å²) in [6, 6.07) is 8.19. The normalized spacial score (nSPS) is 11.2. The average molecular weight is 405 g/mol. The Morgan fingerprint density at radius 3 is 2.68 bits per heavy atom. The zero-order valence-corrected chi connectivity index (χ0v) is 17.6. The summed E-state index contributed by atoms with van der Waals surface area (Å²) < 4.78 is 5.12. The van der Waals surface area contributed by atoms with Gasteiger partial charge in [-0.25, -0.2) is 10.5 Å². The van der Waals surface area contributed by atoms with Crippen LogP contribution >= 0.6 is 11.8 Å². The number of ether oxygens (including phenoxy) is 1. The third kappa shape index (κ3) is 7.22. The van der Waals surface area contributed by atoms with Gasteiger partial charge >= 0.3 is 5.97 Å². The largest absolute Gasteiger partial charge is 0.465 e. The van der Waals surface area contributed by atoms with Crippen LogP contribution in [0.3, 0.4) is 0 Å². The van der Waals surface area contributed by atoms with Crippen LogP contribution in [0.4, 0.5) is 11.6 Å². The third-order valence-electron chi connectivity index (χ3n) is 3.77. The van der Waals surface area contributed by atoms with E-state index < -0.39 is 0 Å². The smallest absolute Gasteiger partial charge is 0.316 e. The molecule has 0 spiro atoms. The molecule has 0 atom stereocenters. The Bertz CT molecular complexity index is 756. The molecule has 1 heterocycles. The van der Waals surface area contributed by atoms with Crippen molar-refractivity contribution >= 4 is 35.6 Å². The van der Waals surface area contributed by atoms with Crippen molar-refractivity contribution in [2.24, 2.45) is 11.0 Å². The monoisotopic (exact) mass is 404 g/mol. The molecule has 9 heteroatoms. The Hall–Kier alpha value is -2.55. The first-order valence-electron chi connectivity index (χ1n) is 9.36. The van der Waals surface area contributed by atoms with E-state index in [-0.39, 0.29) is 11.7 Å². The van der Waals surface area contributed by atoms with Gasteiger partial charge < -0.3 is 9.64 Å². The molecule has 0 amide bonds. The highest BCUT2D eigenvalue weighted by molar-refractivity contribution is 7.99. The molecule has 2 N–H and O–H groups in total. The Labute approximate surface area is 170 Å². The Morgan fingerprint density at radius 2 is 2.04 bits per heavy atom. The van der Waals surface area contributed by atoms with E-state index in [9.17, 15) is 4.79 Å². The summed E-state index contributed by atoms with van der Waals surface area (Å²) >= 11 is 1.21. The van der Waals surface area contributed by atoms with Gasteiger partial charge in [-0.3, -0.25) is 4.79 Å². The van der Waals surface area contributed by atoms with Crippen LogP contribution in [0.5, 0.6) is 0 Å². The second kappa shape index (κ2) is 11.3. The summed E-state index contributed by atoms with van der Waals surface area (Å²) in [6.07, 6.45) is 1.71. The third-order valence-corrected chi connectivity index (χ3v) is 4.59. The number of thioether (sulfide) groups is 1. The molecule has 0 unspecified atom stereocenters. The van der Waals surface area contributed by atoms with Gasteiger partial charge in [-0.2, -0.15) is 10.1 Å². The van der Waals surface area contributed by atoms with E-state index in [1.807, 2.05) is 26.0 Å². The fourth-order valence-electron chi connectivity index (χ4n) is 2.31. The SMILES string of the molecule is CCN(CC)c1ccc(/C=N\Nc2nc(SCC(=O)OCC(C)C)n[nH]2)cc1. The first-order chi connectivity index (χ1) is 13.5. The summed E-state index contributed by atoms with van der Waals surface area (Å²) in [7, 11) is 0. The van der Waals surface area contributed by atoms with Gasteiger partial charge in [0.05, 0.1) is 18.6 Å². The standard InChI is InChI=1S/C19H28N6O2S/c1-5-25(6-2)16-9-7-15(8-10-16)11-20-22-18-21-19(24-23-18)28-13-17(26)27-12-14(3)4/h7-11,14H,5-6,12-13H2,1-4H3,(H2,21,22,23,24)/b20-11-. The number of aromatic amines is 1. The number of carbonyl (C=O) groups excluding carboxylic acids is 1. The molecule has 152 valence electrons. The van der Waals surface area contributed by atoms with Crippen molar-refractivity contribution in [2.45, 2.75) is 32.9 Å². The molecule has 0 fully saturated rings. The van der Waals surface area contributed by atoms with Crippen molar-refractivity contribution in [3.8, 4) is 0 Å². The molecule has 0 saturated carbocycles. The van der Waals surface area contributed by atoms with Gasteiger partial charge in [0.25, 0.3) is 0 Å². The van der Waals surface area contributed by atoms with Crippen LogP contribution in [0.25, 0.3) is 0 Å². The highest BCUT2D eigenvalue weighted by Crippen LogP contribution is 2.15. The van der Waals surface area contributed by atoms with Crippen LogP contribution in [0, 0.1) is 5.92 Å². The predicted octanol–water partition coefficient (Wildman–Crippen LogP) is 3.39. The maximum atomic E-state index is 11.6. The first-order valence-corrected chi connectivity index (χ1v) is 10.3. The van der Waals surface area contributed by atoms with Crippen molar-refractivity contribution in [1.82, 2.24) is 15.2 Å². The second-order valence-corrected chi connectivity index (χ2v) is 7.41. The zero-order chi connectivity index (χ0) is 20.4. The Balaban J connectivity index is 1.79. The van der Waals surface area contributed by atoms with Gasteiger partial charge in [0.1, 0.15) is 0 Å². The number of anilines is 2. The minimum Gasteiger partial charge on any atom is -0.465 e. The molecule has 1 aromatic heterocycles. The van der Waals surface area contributed by atoms with Crippen LogP contribution < -0.4 is 10.3 Å². The molecular weight excluding hydrogens is 376 g/mol. The summed E-state index contributed by atoms with van der Waals surface area (Å²) in [5.74, 6) is 0.629. The molecular formula is C19H28N6O2S. The fourth-order valence-corrected chi connectivity index (χ4v) is 2.91. The second-order valence-electron chi connectivity index (χ2n) is 6.47. The van der Waals surface area contributed by atoms with E-state index in [1.165, 1.54) is 17.4 Å². The molecule has 1 aromatic carbocycles. The number of rotatable bonds is 11. The van der Waals surface area contributed by atoms with Crippen molar-refractivity contribution in [3.63, 3.8) is 0 Å². The molecule has 0 aliphatic heterocycles. The molecule has 0 aliphatic rings. The van der Waals surface area contributed by atoms with Gasteiger partial charge in [-0.05, 0) is 37.5 Å². The lowest BCUT2D eigenvalue weighted by Crippen LogP contribution is -2.21. The summed E-state index contributed by atoms with van der Waals surface area (Å²) in [5.41, 5.74) is 4.97. The molecule has 8 nitrogen and oxygen atoms in total.